The van der Waals surface area contributed by atoms with Gasteiger partial charge in [-0.05, 0) is 38.5 Å². The third kappa shape index (κ3) is 5.45. The molecule has 154 valence electrons. The summed E-state index contributed by atoms with van der Waals surface area (Å²) in [5, 5.41) is 2.98. The number of aromatic nitrogens is 1. The topological polar surface area (TPSA) is 109 Å². The average Bonchev–Trinajstić information content (AvgIpc) is 2.95. The van der Waals surface area contributed by atoms with Gasteiger partial charge in [0.05, 0.1) is 17.3 Å². The minimum atomic E-state index is -0.750. The van der Waals surface area contributed by atoms with Crippen LogP contribution in [-0.4, -0.2) is 53.7 Å². The molecule has 0 aliphatic rings. The smallest absolute Gasteiger partial charge is 0.355 e. The number of nitrogens with one attached hydrogen (secondary N) is 2. The van der Waals surface area contributed by atoms with Crippen molar-refractivity contribution in [3.63, 3.8) is 0 Å². The second-order valence-corrected chi connectivity index (χ2v) is 6.94. The summed E-state index contributed by atoms with van der Waals surface area (Å²) >= 11 is 5.98. The van der Waals surface area contributed by atoms with Crippen LogP contribution in [0, 0.1) is 13.8 Å². The molecule has 8 nitrogen and oxygen atoms in total. The van der Waals surface area contributed by atoms with Crippen LogP contribution in [0.4, 0.5) is 5.69 Å². The maximum Gasteiger partial charge on any atom is 0.355 e. The summed E-state index contributed by atoms with van der Waals surface area (Å²) in [7, 11) is 1.42. The Morgan fingerprint density at radius 2 is 1.83 bits per heavy atom. The Morgan fingerprint density at radius 3 is 2.41 bits per heavy atom. The summed E-state index contributed by atoms with van der Waals surface area (Å²) in [6.07, 6.45) is 0. The maximum atomic E-state index is 12.3. The van der Waals surface area contributed by atoms with Gasteiger partial charge in [0.1, 0.15) is 5.69 Å². The van der Waals surface area contributed by atoms with Crippen LogP contribution in [0.15, 0.2) is 24.3 Å². The summed E-state index contributed by atoms with van der Waals surface area (Å²) in [6, 6.07) is 6.72. The Bertz CT molecular complexity index is 967. The monoisotopic (exact) mass is 419 g/mol. The lowest BCUT2D eigenvalue weighted by Gasteiger charge is -2.17. The maximum absolute atomic E-state index is 12.3. The highest BCUT2D eigenvalue weighted by Crippen LogP contribution is 2.20. The predicted octanol–water partition coefficient (Wildman–Crippen LogP) is 2.74. The zero-order chi connectivity index (χ0) is 21.7. The number of ether oxygens (including phenoxy) is 1. The van der Waals surface area contributed by atoms with Crippen molar-refractivity contribution in [2.75, 3.05) is 25.5 Å². The second kappa shape index (κ2) is 9.38. The lowest BCUT2D eigenvalue weighted by atomic mass is 10.1. The van der Waals surface area contributed by atoms with Gasteiger partial charge in [0.2, 0.25) is 5.91 Å². The van der Waals surface area contributed by atoms with E-state index in [9.17, 15) is 19.2 Å². The number of para-hydroxylation sites is 1. The molecule has 0 atom stereocenters. The van der Waals surface area contributed by atoms with E-state index >= 15 is 0 Å². The molecule has 29 heavy (non-hydrogen) atoms. The van der Waals surface area contributed by atoms with Crippen molar-refractivity contribution in [2.24, 2.45) is 0 Å². The fraction of sp³-hybridized carbons (Fsp3) is 0.300. The van der Waals surface area contributed by atoms with Crippen LogP contribution in [0.5, 0.6) is 0 Å². The number of nitrogens with zero attached hydrogens (tertiary/aromatic N) is 1. The fourth-order valence-electron chi connectivity index (χ4n) is 2.85. The van der Waals surface area contributed by atoms with Gasteiger partial charge < -0.3 is 19.9 Å². The SMILES string of the molecule is CC(=O)c1c(C)[nH]c(C(=O)OCC(=O)N(C)CC(=O)Nc2ccccc2Cl)c1C. The van der Waals surface area contributed by atoms with Crippen molar-refractivity contribution in [3.8, 4) is 0 Å². The number of anilines is 1. The number of aromatic amines is 1. The van der Waals surface area contributed by atoms with Crippen LogP contribution in [0.3, 0.4) is 0 Å². The van der Waals surface area contributed by atoms with E-state index in [0.29, 0.717) is 27.5 Å². The summed E-state index contributed by atoms with van der Waals surface area (Å²) < 4.78 is 5.03. The minimum absolute atomic E-state index is 0.125. The molecule has 0 bridgehead atoms. The van der Waals surface area contributed by atoms with Crippen LogP contribution in [0.1, 0.15) is 39.0 Å². The quantitative estimate of drug-likeness (QED) is 0.529. The Labute approximate surface area is 173 Å². The number of carbonyl (C=O) groups excluding carboxylic acids is 4. The molecular formula is C20H22ClN3O5. The lowest BCUT2D eigenvalue weighted by Crippen LogP contribution is -2.37. The minimum Gasteiger partial charge on any atom is -0.451 e. The molecule has 2 amide bonds. The van der Waals surface area contributed by atoms with Gasteiger partial charge >= 0.3 is 5.97 Å². The average molecular weight is 420 g/mol. The first-order chi connectivity index (χ1) is 13.6. The molecule has 2 N–H and O–H groups in total. The van der Waals surface area contributed by atoms with Crippen LogP contribution in [0.25, 0.3) is 0 Å². The number of likely N-dealkylation sites (N-methyl/N-ethyl adjacent to an activating group) is 1. The first-order valence-corrected chi connectivity index (χ1v) is 9.15. The van der Waals surface area contributed by atoms with Crippen LogP contribution >= 0.6 is 11.6 Å². The van der Waals surface area contributed by atoms with Crippen molar-refractivity contribution < 1.29 is 23.9 Å². The molecule has 0 saturated heterocycles. The highest BCUT2D eigenvalue weighted by Gasteiger charge is 2.22. The molecule has 1 heterocycles. The Morgan fingerprint density at radius 1 is 1.17 bits per heavy atom. The van der Waals surface area contributed by atoms with E-state index < -0.39 is 24.4 Å². The molecule has 1 aromatic heterocycles. The van der Waals surface area contributed by atoms with Crippen LogP contribution < -0.4 is 5.32 Å². The molecule has 0 fully saturated rings. The molecular weight excluding hydrogens is 398 g/mol. The summed E-state index contributed by atoms with van der Waals surface area (Å²) in [4.78, 5) is 52.1. The molecule has 2 rings (SSSR count). The second-order valence-electron chi connectivity index (χ2n) is 6.54. The van der Waals surface area contributed by atoms with E-state index in [4.69, 9.17) is 16.3 Å². The number of benzene rings is 1. The van der Waals surface area contributed by atoms with Crippen molar-refractivity contribution in [1.82, 2.24) is 9.88 Å². The van der Waals surface area contributed by atoms with Gasteiger partial charge in [0.15, 0.2) is 12.4 Å². The summed E-state index contributed by atoms with van der Waals surface area (Å²) in [6.45, 7) is 3.93. The van der Waals surface area contributed by atoms with Crippen LogP contribution in [0.2, 0.25) is 5.02 Å². The van der Waals surface area contributed by atoms with E-state index in [1.165, 1.54) is 14.0 Å². The number of amides is 2. The molecule has 2 aromatic rings. The molecule has 0 aliphatic heterocycles. The summed E-state index contributed by atoms with van der Waals surface area (Å²) in [5.41, 5.74) is 2.02. The zero-order valence-corrected chi connectivity index (χ0v) is 17.3. The van der Waals surface area contributed by atoms with Crippen molar-refractivity contribution in [3.05, 3.63) is 51.8 Å². The normalized spacial score (nSPS) is 10.4. The van der Waals surface area contributed by atoms with Gasteiger partial charge in [-0.25, -0.2) is 4.79 Å². The molecule has 0 radical (unpaired) electrons. The zero-order valence-electron chi connectivity index (χ0n) is 16.6. The Kier molecular flexibility index (Phi) is 7.17. The van der Waals surface area contributed by atoms with E-state index in [0.717, 1.165) is 4.90 Å². The number of esters is 1. The molecule has 0 saturated carbocycles. The van der Waals surface area contributed by atoms with Gasteiger partial charge in [0.25, 0.3) is 5.91 Å². The number of rotatable bonds is 7. The lowest BCUT2D eigenvalue weighted by molar-refractivity contribution is -0.136. The molecule has 0 aliphatic carbocycles. The van der Waals surface area contributed by atoms with E-state index in [-0.39, 0.29) is 18.0 Å². The highest BCUT2D eigenvalue weighted by atomic mass is 35.5. The number of halogens is 1. The van der Waals surface area contributed by atoms with E-state index in [1.807, 2.05) is 0 Å². The Balaban J connectivity index is 1.91. The van der Waals surface area contributed by atoms with Crippen molar-refractivity contribution in [1.29, 1.82) is 0 Å². The van der Waals surface area contributed by atoms with E-state index in [1.54, 1.807) is 38.1 Å². The van der Waals surface area contributed by atoms with Gasteiger partial charge in [-0.15, -0.1) is 0 Å². The first kappa shape index (κ1) is 22.2. The molecule has 0 unspecified atom stereocenters. The van der Waals surface area contributed by atoms with Crippen molar-refractivity contribution >= 4 is 40.9 Å². The van der Waals surface area contributed by atoms with E-state index in [2.05, 4.69) is 10.3 Å². The highest BCUT2D eigenvalue weighted by molar-refractivity contribution is 6.33. The number of H-pyrrole nitrogens is 1. The van der Waals surface area contributed by atoms with Gasteiger partial charge in [0, 0.05) is 18.3 Å². The third-order valence-electron chi connectivity index (χ3n) is 4.27. The van der Waals surface area contributed by atoms with Crippen LogP contribution in [-0.2, 0) is 14.3 Å². The number of carbonyl (C=O) groups is 4. The third-order valence-corrected chi connectivity index (χ3v) is 4.60. The fourth-order valence-corrected chi connectivity index (χ4v) is 3.03. The summed E-state index contributed by atoms with van der Waals surface area (Å²) in [5.74, 6) is -1.92. The number of aryl methyl sites for hydroxylation is 1. The number of ketones is 1. The predicted molar refractivity (Wildman–Crippen MR) is 108 cm³/mol. The molecule has 1 aromatic carbocycles. The number of hydrogen-bond acceptors (Lipinski definition) is 5. The van der Waals surface area contributed by atoms with Crippen molar-refractivity contribution in [2.45, 2.75) is 20.8 Å². The molecule has 9 heteroatoms. The van der Waals surface area contributed by atoms with Gasteiger partial charge in [-0.2, -0.15) is 0 Å². The van der Waals surface area contributed by atoms with Gasteiger partial charge in [-0.3, -0.25) is 14.4 Å². The van der Waals surface area contributed by atoms with Gasteiger partial charge in [-0.1, -0.05) is 23.7 Å². The largest absolute Gasteiger partial charge is 0.451 e. The standard InChI is InChI=1S/C20H22ClN3O5/c1-11-18(13(3)25)12(2)22-19(11)20(28)29-10-17(27)24(4)9-16(26)23-15-8-6-5-7-14(15)21/h5-8,22H,9-10H2,1-4H3,(H,23,26). The number of Topliss-reactive ketones (excluding diaryl/α,β-unsaturated/α-hetero) is 1. The number of hydrogen-bond donors (Lipinski definition) is 2. The first-order valence-electron chi connectivity index (χ1n) is 8.77. The Hall–Kier alpha value is -3.13. The molecule has 0 spiro atoms.